The summed E-state index contributed by atoms with van der Waals surface area (Å²) in [5.74, 6) is -0.160. The third-order valence-electron chi connectivity index (χ3n) is 2.47. The van der Waals surface area contributed by atoms with Gasteiger partial charge in [-0.1, -0.05) is 13.3 Å². The van der Waals surface area contributed by atoms with Crippen LogP contribution in [-0.2, 0) is 14.3 Å². The van der Waals surface area contributed by atoms with Gasteiger partial charge in [-0.3, -0.25) is 4.79 Å². The Balaban J connectivity index is 3.66. The van der Waals surface area contributed by atoms with Gasteiger partial charge in [0.05, 0.1) is 19.8 Å². The lowest BCUT2D eigenvalue weighted by molar-refractivity contribution is -0.145. The highest BCUT2D eigenvalue weighted by Crippen LogP contribution is 1.99. The Labute approximate surface area is 111 Å². The zero-order chi connectivity index (χ0) is 13.8. The fraction of sp³-hybridized carbons (Fsp3) is 0.923. The van der Waals surface area contributed by atoms with Crippen molar-refractivity contribution in [2.24, 2.45) is 0 Å². The summed E-state index contributed by atoms with van der Waals surface area (Å²) in [5, 5.41) is 3.18. The second-order valence-electron chi connectivity index (χ2n) is 4.46. The van der Waals surface area contributed by atoms with E-state index >= 15 is 0 Å². The maximum absolute atomic E-state index is 11.6. The Morgan fingerprint density at radius 3 is 2.56 bits per heavy atom. The lowest BCUT2D eigenvalue weighted by Gasteiger charge is -2.16. The second kappa shape index (κ2) is 11.4. The highest BCUT2D eigenvalue weighted by molar-refractivity contribution is 5.75. The molecule has 0 saturated carbocycles. The van der Waals surface area contributed by atoms with Crippen LogP contribution in [0, 0.1) is 0 Å². The van der Waals surface area contributed by atoms with Crippen LogP contribution in [0.4, 0.5) is 0 Å². The molecule has 18 heavy (non-hydrogen) atoms. The predicted octanol–water partition coefficient (Wildman–Crippen LogP) is 0.886. The topological polar surface area (TPSA) is 50.8 Å². The van der Waals surface area contributed by atoms with Crippen molar-refractivity contribution in [1.82, 2.24) is 10.2 Å². The summed E-state index contributed by atoms with van der Waals surface area (Å²) in [5.41, 5.74) is 0. The van der Waals surface area contributed by atoms with Gasteiger partial charge in [0.2, 0.25) is 0 Å². The fourth-order valence-corrected chi connectivity index (χ4v) is 1.49. The van der Waals surface area contributed by atoms with Gasteiger partial charge < -0.3 is 19.7 Å². The molecule has 0 fully saturated rings. The predicted molar refractivity (Wildman–Crippen MR) is 72.7 cm³/mol. The summed E-state index contributed by atoms with van der Waals surface area (Å²) in [6, 6.07) is -0.201. The highest BCUT2D eigenvalue weighted by Gasteiger charge is 2.17. The number of ether oxygens (including phenoxy) is 2. The number of nitrogens with zero attached hydrogens (tertiary/aromatic N) is 1. The Morgan fingerprint density at radius 1 is 1.28 bits per heavy atom. The molecule has 0 amide bonds. The van der Waals surface area contributed by atoms with Crippen LogP contribution in [0.1, 0.15) is 26.7 Å². The first kappa shape index (κ1) is 17.4. The minimum Gasteiger partial charge on any atom is -0.465 e. The second-order valence-corrected chi connectivity index (χ2v) is 4.46. The molecule has 0 aromatic carbocycles. The van der Waals surface area contributed by atoms with Crippen LogP contribution in [0.25, 0.3) is 0 Å². The molecule has 1 atom stereocenters. The van der Waals surface area contributed by atoms with Gasteiger partial charge in [-0.25, -0.2) is 0 Å². The van der Waals surface area contributed by atoms with Gasteiger partial charge in [0.25, 0.3) is 0 Å². The molecule has 0 aliphatic carbocycles. The summed E-state index contributed by atoms with van der Waals surface area (Å²) < 4.78 is 10.5. The molecule has 0 saturated heterocycles. The molecular weight excluding hydrogens is 232 g/mol. The Hall–Kier alpha value is -0.650. The lowest BCUT2D eigenvalue weighted by atomic mass is 10.1. The van der Waals surface area contributed by atoms with Crippen LogP contribution < -0.4 is 5.32 Å². The van der Waals surface area contributed by atoms with E-state index < -0.39 is 0 Å². The Bertz CT molecular complexity index is 210. The molecule has 0 aromatic rings. The van der Waals surface area contributed by atoms with Gasteiger partial charge in [0.15, 0.2) is 0 Å². The number of hydrogen-bond acceptors (Lipinski definition) is 5. The standard InChI is InChI=1S/C13H28N2O3/c1-5-7-12(13(16)18-6-2)14-8-10-17-11-9-15(3)4/h12,14H,5-11H2,1-4H3. The summed E-state index contributed by atoms with van der Waals surface area (Å²) in [7, 11) is 4.03. The maximum atomic E-state index is 11.6. The van der Waals surface area contributed by atoms with Crippen LogP contribution in [-0.4, -0.2) is 63.9 Å². The summed E-state index contributed by atoms with van der Waals surface area (Å²) in [6.45, 7) is 7.24. The van der Waals surface area contributed by atoms with Crippen molar-refractivity contribution in [3.63, 3.8) is 0 Å². The molecule has 0 heterocycles. The SMILES string of the molecule is CCCC(NCCOCCN(C)C)C(=O)OCC. The first-order valence-electron chi connectivity index (χ1n) is 6.74. The van der Waals surface area contributed by atoms with Gasteiger partial charge in [-0.2, -0.15) is 0 Å². The van der Waals surface area contributed by atoms with E-state index in [0.717, 1.165) is 19.4 Å². The van der Waals surface area contributed by atoms with E-state index in [4.69, 9.17) is 9.47 Å². The van der Waals surface area contributed by atoms with Crippen molar-refractivity contribution in [3.05, 3.63) is 0 Å². The normalized spacial score (nSPS) is 12.7. The van der Waals surface area contributed by atoms with Crippen LogP contribution >= 0.6 is 0 Å². The number of likely N-dealkylation sites (N-methyl/N-ethyl adjacent to an activating group) is 1. The van der Waals surface area contributed by atoms with Crippen LogP contribution in [0.2, 0.25) is 0 Å². The summed E-state index contributed by atoms with van der Waals surface area (Å²) >= 11 is 0. The molecule has 5 nitrogen and oxygen atoms in total. The van der Waals surface area contributed by atoms with E-state index in [2.05, 4.69) is 17.1 Å². The highest BCUT2D eigenvalue weighted by atomic mass is 16.5. The molecule has 0 rings (SSSR count). The van der Waals surface area contributed by atoms with Gasteiger partial charge in [0, 0.05) is 13.1 Å². The molecular formula is C13H28N2O3. The van der Waals surface area contributed by atoms with Crippen molar-refractivity contribution >= 4 is 5.97 Å². The quantitative estimate of drug-likeness (QED) is 0.441. The molecule has 1 N–H and O–H groups in total. The zero-order valence-corrected chi connectivity index (χ0v) is 12.2. The molecule has 0 radical (unpaired) electrons. The van der Waals surface area contributed by atoms with Crippen molar-refractivity contribution in [1.29, 1.82) is 0 Å². The van der Waals surface area contributed by atoms with Gasteiger partial charge in [-0.15, -0.1) is 0 Å². The molecule has 0 bridgehead atoms. The molecule has 0 aliphatic heterocycles. The van der Waals surface area contributed by atoms with E-state index in [1.54, 1.807) is 0 Å². The van der Waals surface area contributed by atoms with E-state index in [-0.39, 0.29) is 12.0 Å². The third kappa shape index (κ3) is 9.39. The van der Waals surface area contributed by atoms with Crippen molar-refractivity contribution < 1.29 is 14.3 Å². The average Bonchev–Trinajstić information content (AvgIpc) is 2.32. The molecule has 5 heteroatoms. The summed E-state index contributed by atoms with van der Waals surface area (Å²) in [6.07, 6.45) is 1.76. The number of carbonyl (C=O) groups excluding carboxylic acids is 1. The third-order valence-corrected chi connectivity index (χ3v) is 2.47. The molecule has 108 valence electrons. The number of rotatable bonds is 11. The smallest absolute Gasteiger partial charge is 0.323 e. The number of carbonyl (C=O) groups is 1. The fourth-order valence-electron chi connectivity index (χ4n) is 1.49. The molecule has 0 aromatic heterocycles. The number of nitrogens with one attached hydrogen (secondary N) is 1. The minimum absolute atomic E-state index is 0.160. The zero-order valence-electron chi connectivity index (χ0n) is 12.2. The van der Waals surface area contributed by atoms with E-state index in [1.807, 2.05) is 21.0 Å². The van der Waals surface area contributed by atoms with Crippen molar-refractivity contribution in [3.8, 4) is 0 Å². The van der Waals surface area contributed by atoms with Gasteiger partial charge >= 0.3 is 5.97 Å². The number of esters is 1. The summed E-state index contributed by atoms with van der Waals surface area (Å²) in [4.78, 5) is 13.7. The Kier molecular flexibility index (Phi) is 11.0. The number of hydrogen-bond donors (Lipinski definition) is 1. The van der Waals surface area contributed by atoms with Crippen LogP contribution in [0.5, 0.6) is 0 Å². The first-order chi connectivity index (χ1) is 8.61. The van der Waals surface area contributed by atoms with E-state index in [9.17, 15) is 4.79 Å². The molecule has 0 aliphatic rings. The minimum atomic E-state index is -0.201. The van der Waals surface area contributed by atoms with Crippen molar-refractivity contribution in [2.75, 3.05) is 47.0 Å². The Morgan fingerprint density at radius 2 is 2.00 bits per heavy atom. The van der Waals surface area contributed by atoms with E-state index in [1.165, 1.54) is 0 Å². The molecule has 0 spiro atoms. The van der Waals surface area contributed by atoms with Crippen LogP contribution in [0.15, 0.2) is 0 Å². The van der Waals surface area contributed by atoms with Gasteiger partial charge in [-0.05, 0) is 27.4 Å². The lowest BCUT2D eigenvalue weighted by Crippen LogP contribution is -2.39. The largest absolute Gasteiger partial charge is 0.465 e. The van der Waals surface area contributed by atoms with Crippen molar-refractivity contribution in [2.45, 2.75) is 32.7 Å². The first-order valence-corrected chi connectivity index (χ1v) is 6.74. The monoisotopic (exact) mass is 260 g/mol. The average molecular weight is 260 g/mol. The van der Waals surface area contributed by atoms with Crippen LogP contribution in [0.3, 0.4) is 0 Å². The molecule has 1 unspecified atom stereocenters. The maximum Gasteiger partial charge on any atom is 0.323 e. The van der Waals surface area contributed by atoms with Gasteiger partial charge in [0.1, 0.15) is 6.04 Å². The van der Waals surface area contributed by atoms with E-state index in [0.29, 0.717) is 26.4 Å².